The second kappa shape index (κ2) is 6.21. The molecule has 102 valence electrons. The first kappa shape index (κ1) is 16.2. The van der Waals surface area contributed by atoms with Crippen LogP contribution in [-0.2, 0) is 9.47 Å². The molecule has 1 atom stereocenters. The van der Waals surface area contributed by atoms with Gasteiger partial charge >= 0.3 is 6.09 Å². The zero-order valence-corrected chi connectivity index (χ0v) is 11.7. The lowest BCUT2D eigenvalue weighted by Crippen LogP contribution is -2.53. The van der Waals surface area contributed by atoms with E-state index in [4.69, 9.17) is 9.47 Å². The summed E-state index contributed by atoms with van der Waals surface area (Å²) < 4.78 is 10.3. The number of alkyl carbamates (subject to hydrolysis) is 1. The van der Waals surface area contributed by atoms with Crippen molar-refractivity contribution in [3.05, 3.63) is 0 Å². The summed E-state index contributed by atoms with van der Waals surface area (Å²) in [5.41, 5.74) is -1.62. The zero-order valence-electron chi connectivity index (χ0n) is 11.7. The van der Waals surface area contributed by atoms with E-state index in [1.54, 1.807) is 34.6 Å². The highest BCUT2D eigenvalue weighted by Crippen LogP contribution is 2.11. The maximum Gasteiger partial charge on any atom is 0.408 e. The summed E-state index contributed by atoms with van der Waals surface area (Å²) in [5, 5.41) is 12.5. The van der Waals surface area contributed by atoms with E-state index < -0.39 is 23.3 Å². The van der Waals surface area contributed by atoms with Gasteiger partial charge in [-0.3, -0.25) is 0 Å². The third-order valence-electron chi connectivity index (χ3n) is 2.03. The molecule has 5 nitrogen and oxygen atoms in total. The number of hydrogen-bond donors (Lipinski definition) is 2. The molecule has 0 aromatic carbocycles. The number of carbonyl (C=O) groups excluding carboxylic acids is 1. The molecule has 0 aromatic heterocycles. The van der Waals surface area contributed by atoms with E-state index in [-0.39, 0.29) is 6.61 Å². The van der Waals surface area contributed by atoms with Crippen LogP contribution in [-0.4, -0.2) is 41.7 Å². The van der Waals surface area contributed by atoms with Crippen molar-refractivity contribution in [2.45, 2.75) is 58.8 Å². The van der Waals surface area contributed by atoms with Crippen molar-refractivity contribution < 1.29 is 19.4 Å². The second-order valence-corrected chi connectivity index (χ2v) is 5.51. The molecule has 0 bridgehead atoms. The molecule has 1 amide bonds. The van der Waals surface area contributed by atoms with E-state index in [0.717, 1.165) is 0 Å². The van der Waals surface area contributed by atoms with E-state index in [1.807, 2.05) is 6.92 Å². The molecule has 0 aliphatic carbocycles. The Morgan fingerprint density at radius 1 is 1.29 bits per heavy atom. The van der Waals surface area contributed by atoms with Crippen LogP contribution in [0, 0.1) is 0 Å². The third kappa shape index (κ3) is 7.99. The molecule has 0 saturated carbocycles. The predicted molar refractivity (Wildman–Crippen MR) is 65.9 cm³/mol. The first-order valence-electron chi connectivity index (χ1n) is 5.86. The molecule has 0 radical (unpaired) electrons. The van der Waals surface area contributed by atoms with E-state index in [1.165, 1.54) is 0 Å². The van der Waals surface area contributed by atoms with Crippen molar-refractivity contribution in [2.24, 2.45) is 0 Å². The van der Waals surface area contributed by atoms with Crippen LogP contribution in [0.4, 0.5) is 4.79 Å². The summed E-state index contributed by atoms with van der Waals surface area (Å²) >= 11 is 0. The molecular weight excluding hydrogens is 222 g/mol. The number of ether oxygens (including phenoxy) is 2. The van der Waals surface area contributed by atoms with Gasteiger partial charge in [-0.25, -0.2) is 4.79 Å². The van der Waals surface area contributed by atoms with Gasteiger partial charge in [0.15, 0.2) is 0 Å². The van der Waals surface area contributed by atoms with Crippen LogP contribution in [0.15, 0.2) is 0 Å². The van der Waals surface area contributed by atoms with Crippen molar-refractivity contribution in [2.75, 3.05) is 13.2 Å². The van der Waals surface area contributed by atoms with Gasteiger partial charge < -0.3 is 19.9 Å². The lowest BCUT2D eigenvalue weighted by Gasteiger charge is -2.31. The van der Waals surface area contributed by atoms with Crippen LogP contribution in [0.1, 0.15) is 41.5 Å². The van der Waals surface area contributed by atoms with Crippen molar-refractivity contribution in [1.82, 2.24) is 5.32 Å². The molecule has 0 fully saturated rings. The minimum absolute atomic E-state index is 0.249. The summed E-state index contributed by atoms with van der Waals surface area (Å²) in [7, 11) is 0. The average molecular weight is 247 g/mol. The monoisotopic (exact) mass is 247 g/mol. The number of hydrogen-bond acceptors (Lipinski definition) is 4. The van der Waals surface area contributed by atoms with Gasteiger partial charge in [-0.15, -0.1) is 0 Å². The normalized spacial score (nSPS) is 14.3. The molecule has 0 spiro atoms. The lowest BCUT2D eigenvalue weighted by molar-refractivity contribution is -0.0126. The second-order valence-electron chi connectivity index (χ2n) is 5.51. The van der Waals surface area contributed by atoms with Crippen molar-refractivity contribution in [3.63, 3.8) is 0 Å². The minimum Gasteiger partial charge on any atom is -0.444 e. The Morgan fingerprint density at radius 3 is 2.18 bits per heavy atom. The molecule has 0 saturated heterocycles. The Hall–Kier alpha value is -0.810. The van der Waals surface area contributed by atoms with E-state index >= 15 is 0 Å². The third-order valence-corrected chi connectivity index (χ3v) is 2.03. The average Bonchev–Trinajstić information content (AvgIpc) is 2.07. The highest BCUT2D eigenvalue weighted by atomic mass is 16.6. The van der Waals surface area contributed by atoms with Crippen LogP contribution < -0.4 is 5.32 Å². The van der Waals surface area contributed by atoms with Gasteiger partial charge in [-0.2, -0.15) is 0 Å². The van der Waals surface area contributed by atoms with Crippen LogP contribution in [0.2, 0.25) is 0 Å². The molecule has 0 rings (SSSR count). The van der Waals surface area contributed by atoms with Gasteiger partial charge in [0.05, 0.1) is 18.2 Å². The molecule has 0 aliphatic rings. The zero-order chi connectivity index (χ0) is 13.7. The molecule has 0 heterocycles. The first-order chi connectivity index (χ1) is 7.56. The molecule has 0 unspecified atom stereocenters. The molecule has 17 heavy (non-hydrogen) atoms. The number of aliphatic hydroxyl groups is 1. The lowest BCUT2D eigenvalue weighted by atomic mass is 10.00. The predicted octanol–water partition coefficient (Wildman–Crippen LogP) is 1.69. The molecule has 5 heteroatoms. The summed E-state index contributed by atoms with van der Waals surface area (Å²) in [6.45, 7) is 11.2. The quantitative estimate of drug-likeness (QED) is 0.775. The molecular formula is C12H25NO4. The fraction of sp³-hybridized carbons (Fsp3) is 0.917. The highest BCUT2D eigenvalue weighted by molar-refractivity contribution is 5.68. The van der Waals surface area contributed by atoms with E-state index in [2.05, 4.69) is 5.32 Å². The number of nitrogens with one attached hydrogen (secondary N) is 1. The van der Waals surface area contributed by atoms with Crippen LogP contribution >= 0.6 is 0 Å². The fourth-order valence-corrected chi connectivity index (χ4v) is 1.11. The van der Waals surface area contributed by atoms with Crippen LogP contribution in [0.3, 0.4) is 0 Å². The maximum absolute atomic E-state index is 11.6. The minimum atomic E-state index is -1.06. The Balaban J connectivity index is 4.39. The fourth-order valence-electron chi connectivity index (χ4n) is 1.11. The molecule has 0 aromatic rings. The van der Waals surface area contributed by atoms with Gasteiger partial charge in [0.2, 0.25) is 0 Å². The van der Waals surface area contributed by atoms with Crippen molar-refractivity contribution >= 4 is 6.09 Å². The van der Waals surface area contributed by atoms with E-state index in [0.29, 0.717) is 6.61 Å². The maximum atomic E-state index is 11.6. The van der Waals surface area contributed by atoms with Crippen molar-refractivity contribution in [3.8, 4) is 0 Å². The smallest absolute Gasteiger partial charge is 0.408 e. The van der Waals surface area contributed by atoms with Gasteiger partial charge in [-0.05, 0) is 41.5 Å². The summed E-state index contributed by atoms with van der Waals surface area (Å²) in [6, 6.07) is -0.503. The largest absolute Gasteiger partial charge is 0.444 e. The topological polar surface area (TPSA) is 67.8 Å². The van der Waals surface area contributed by atoms with Gasteiger partial charge in [0.1, 0.15) is 5.60 Å². The first-order valence-corrected chi connectivity index (χ1v) is 5.86. The Labute approximate surface area is 103 Å². The van der Waals surface area contributed by atoms with E-state index in [9.17, 15) is 9.90 Å². The number of amides is 1. The van der Waals surface area contributed by atoms with Crippen LogP contribution in [0.25, 0.3) is 0 Å². The number of carbonyl (C=O) groups is 1. The van der Waals surface area contributed by atoms with Crippen molar-refractivity contribution in [1.29, 1.82) is 0 Å². The highest BCUT2D eigenvalue weighted by Gasteiger charge is 2.30. The SMILES string of the molecule is CCOC[C@@H](NC(=O)OC(C)(C)C)C(C)(C)O. The standard InChI is InChI=1S/C12H25NO4/c1-7-16-8-9(12(5,6)15)13-10(14)17-11(2,3)4/h9,15H,7-8H2,1-6H3,(H,13,14)/t9-/m1/s1. The summed E-state index contributed by atoms with van der Waals surface area (Å²) in [6.07, 6.45) is -0.552. The van der Waals surface area contributed by atoms with Gasteiger partial charge in [0.25, 0.3) is 0 Å². The Kier molecular flexibility index (Phi) is 5.92. The van der Waals surface area contributed by atoms with Gasteiger partial charge in [0, 0.05) is 6.61 Å². The summed E-state index contributed by atoms with van der Waals surface area (Å²) in [4.78, 5) is 11.6. The summed E-state index contributed by atoms with van der Waals surface area (Å²) in [5.74, 6) is 0. The number of rotatable bonds is 5. The Bertz CT molecular complexity index is 240. The Morgan fingerprint density at radius 2 is 1.82 bits per heavy atom. The molecule has 0 aliphatic heterocycles. The van der Waals surface area contributed by atoms with Crippen LogP contribution in [0.5, 0.6) is 0 Å². The molecule has 2 N–H and O–H groups in total. The van der Waals surface area contributed by atoms with Gasteiger partial charge in [-0.1, -0.05) is 0 Å².